The molecule has 4 amide bonds. The fourth-order valence-corrected chi connectivity index (χ4v) is 3.04. The van der Waals surface area contributed by atoms with Gasteiger partial charge >= 0.3 is 0 Å². The van der Waals surface area contributed by atoms with Gasteiger partial charge in [0.25, 0.3) is 11.8 Å². The normalized spacial score (nSPS) is 14.3. The highest BCUT2D eigenvalue weighted by atomic mass is 16.2. The summed E-state index contributed by atoms with van der Waals surface area (Å²) in [7, 11) is 0. The van der Waals surface area contributed by atoms with Crippen LogP contribution in [-0.4, -0.2) is 54.2 Å². The molecule has 1 aliphatic rings. The Morgan fingerprint density at radius 3 is 2.28 bits per heavy atom. The molecule has 1 heterocycles. The maximum Gasteiger partial charge on any atom is 0.253 e. The molecule has 1 atom stereocenters. The fourth-order valence-electron chi connectivity index (χ4n) is 3.04. The quantitative estimate of drug-likeness (QED) is 0.263. The van der Waals surface area contributed by atoms with E-state index in [1.807, 2.05) is 0 Å². The Morgan fingerprint density at radius 1 is 0.931 bits per heavy atom. The second-order valence-electron chi connectivity index (χ2n) is 7.42. The average Bonchev–Trinajstić information content (AvgIpc) is 3.02. The van der Waals surface area contributed by atoms with Crippen molar-refractivity contribution in [3.8, 4) is 0 Å². The number of hydrogen-bond donors (Lipinski definition) is 3. The molecule has 0 radical (unpaired) electrons. The van der Waals surface area contributed by atoms with Crippen molar-refractivity contribution in [2.75, 3.05) is 19.6 Å². The number of amides is 4. The molecule has 1 unspecified atom stereocenters. The van der Waals surface area contributed by atoms with Crippen LogP contribution >= 0.6 is 0 Å². The summed E-state index contributed by atoms with van der Waals surface area (Å²) in [5, 5.41) is 5.71. The first-order valence-corrected chi connectivity index (χ1v) is 10.8. The molecular formula is C21H36N4O4. The molecule has 0 fully saturated rings. The van der Waals surface area contributed by atoms with Gasteiger partial charge in [-0.15, -0.1) is 0 Å². The van der Waals surface area contributed by atoms with Crippen molar-refractivity contribution in [1.29, 1.82) is 0 Å². The summed E-state index contributed by atoms with van der Waals surface area (Å²) < 4.78 is 0. The highest BCUT2D eigenvalue weighted by molar-refractivity contribution is 6.12. The standard InChI is InChI=1S/C21H36N4O4/c1-2-3-4-7-14-23-18(26)11-5-8-15-24-21(29)17(22)10-6-9-16-25-19(27)12-13-20(25)28/h12-13,17H,2-11,14-16,22H2,1H3,(H,23,26)(H,24,29). The van der Waals surface area contributed by atoms with Crippen molar-refractivity contribution in [3.05, 3.63) is 12.2 Å². The molecule has 0 saturated carbocycles. The van der Waals surface area contributed by atoms with Crippen LogP contribution in [0.2, 0.25) is 0 Å². The Hall–Kier alpha value is -2.22. The van der Waals surface area contributed by atoms with E-state index in [4.69, 9.17) is 5.73 Å². The number of imide groups is 1. The van der Waals surface area contributed by atoms with Crippen LogP contribution in [0.1, 0.15) is 71.1 Å². The summed E-state index contributed by atoms with van der Waals surface area (Å²) in [5.41, 5.74) is 5.88. The summed E-state index contributed by atoms with van der Waals surface area (Å²) in [4.78, 5) is 47.7. The van der Waals surface area contributed by atoms with Gasteiger partial charge in [-0.1, -0.05) is 26.2 Å². The SMILES string of the molecule is CCCCCCNC(=O)CCCCNC(=O)C(N)CCCCN1C(=O)C=CC1=O. The number of rotatable bonds is 16. The van der Waals surface area contributed by atoms with Gasteiger partial charge in [-0.25, -0.2) is 0 Å². The largest absolute Gasteiger partial charge is 0.356 e. The average molecular weight is 409 g/mol. The molecule has 1 rings (SSSR count). The van der Waals surface area contributed by atoms with Gasteiger partial charge in [-0.2, -0.15) is 0 Å². The van der Waals surface area contributed by atoms with Gasteiger partial charge in [0.05, 0.1) is 6.04 Å². The monoisotopic (exact) mass is 408 g/mol. The van der Waals surface area contributed by atoms with Crippen molar-refractivity contribution in [2.24, 2.45) is 5.73 Å². The van der Waals surface area contributed by atoms with Gasteiger partial charge in [0.15, 0.2) is 0 Å². The maximum absolute atomic E-state index is 12.0. The lowest BCUT2D eigenvalue weighted by Gasteiger charge is -2.15. The Kier molecular flexibility index (Phi) is 12.6. The number of carbonyl (C=O) groups excluding carboxylic acids is 4. The van der Waals surface area contributed by atoms with E-state index in [2.05, 4.69) is 17.6 Å². The van der Waals surface area contributed by atoms with Crippen molar-refractivity contribution in [3.63, 3.8) is 0 Å². The number of nitrogens with zero attached hydrogens (tertiary/aromatic N) is 1. The van der Waals surface area contributed by atoms with E-state index in [1.54, 1.807) is 0 Å². The summed E-state index contributed by atoms with van der Waals surface area (Å²) in [5.74, 6) is -0.723. The Labute approximate surface area is 173 Å². The van der Waals surface area contributed by atoms with E-state index >= 15 is 0 Å². The van der Waals surface area contributed by atoms with E-state index in [-0.39, 0.29) is 23.6 Å². The molecule has 8 heteroatoms. The molecule has 164 valence electrons. The predicted molar refractivity (Wildman–Crippen MR) is 112 cm³/mol. The zero-order valence-corrected chi connectivity index (χ0v) is 17.6. The molecule has 8 nitrogen and oxygen atoms in total. The topological polar surface area (TPSA) is 122 Å². The molecule has 0 saturated heterocycles. The van der Waals surface area contributed by atoms with Gasteiger partial charge in [-0.05, 0) is 38.5 Å². The minimum atomic E-state index is -0.607. The first kappa shape index (κ1) is 24.8. The number of carbonyl (C=O) groups is 4. The maximum atomic E-state index is 12.0. The van der Waals surface area contributed by atoms with Crippen molar-refractivity contribution in [2.45, 2.75) is 77.2 Å². The van der Waals surface area contributed by atoms with Gasteiger partial charge in [0.1, 0.15) is 0 Å². The third-order valence-corrected chi connectivity index (χ3v) is 4.87. The third-order valence-electron chi connectivity index (χ3n) is 4.87. The van der Waals surface area contributed by atoms with E-state index in [1.165, 1.54) is 29.9 Å². The minimum absolute atomic E-state index is 0.0645. The van der Waals surface area contributed by atoms with Crippen LogP contribution < -0.4 is 16.4 Å². The molecule has 0 aromatic heterocycles. The molecular weight excluding hydrogens is 372 g/mol. The lowest BCUT2D eigenvalue weighted by Crippen LogP contribution is -2.41. The molecule has 29 heavy (non-hydrogen) atoms. The second-order valence-corrected chi connectivity index (χ2v) is 7.42. The number of hydrogen-bond acceptors (Lipinski definition) is 5. The highest BCUT2D eigenvalue weighted by Gasteiger charge is 2.22. The van der Waals surface area contributed by atoms with Crippen LogP contribution in [0.15, 0.2) is 12.2 Å². The lowest BCUT2D eigenvalue weighted by molar-refractivity contribution is -0.137. The zero-order chi connectivity index (χ0) is 21.5. The molecule has 1 aliphatic heterocycles. The Bertz CT molecular complexity index is 559. The molecule has 0 aromatic rings. The van der Waals surface area contributed by atoms with Crippen LogP contribution in [-0.2, 0) is 19.2 Å². The summed E-state index contributed by atoms with van der Waals surface area (Å²) in [6.07, 6.45) is 10.8. The fraction of sp³-hybridized carbons (Fsp3) is 0.714. The summed E-state index contributed by atoms with van der Waals surface area (Å²) >= 11 is 0. The van der Waals surface area contributed by atoms with Crippen LogP contribution in [0.5, 0.6) is 0 Å². The van der Waals surface area contributed by atoms with Gasteiger partial charge in [0.2, 0.25) is 11.8 Å². The van der Waals surface area contributed by atoms with E-state index in [0.717, 1.165) is 32.2 Å². The van der Waals surface area contributed by atoms with Crippen molar-refractivity contribution < 1.29 is 19.2 Å². The zero-order valence-electron chi connectivity index (χ0n) is 17.6. The number of nitrogens with two attached hydrogens (primary N) is 1. The van der Waals surface area contributed by atoms with Crippen LogP contribution in [0, 0.1) is 0 Å². The van der Waals surface area contributed by atoms with E-state index in [9.17, 15) is 19.2 Å². The van der Waals surface area contributed by atoms with Crippen LogP contribution in [0.3, 0.4) is 0 Å². The van der Waals surface area contributed by atoms with Crippen molar-refractivity contribution >= 4 is 23.6 Å². The lowest BCUT2D eigenvalue weighted by atomic mass is 10.1. The Balaban J connectivity index is 1.98. The van der Waals surface area contributed by atoms with E-state index in [0.29, 0.717) is 38.8 Å². The first-order chi connectivity index (χ1) is 14.0. The molecule has 4 N–H and O–H groups in total. The third kappa shape index (κ3) is 10.8. The summed E-state index contributed by atoms with van der Waals surface area (Å²) in [6.45, 7) is 3.74. The smallest absolute Gasteiger partial charge is 0.253 e. The van der Waals surface area contributed by atoms with Gasteiger partial charge < -0.3 is 16.4 Å². The molecule has 0 aliphatic carbocycles. The van der Waals surface area contributed by atoms with Crippen LogP contribution in [0.4, 0.5) is 0 Å². The summed E-state index contributed by atoms with van der Waals surface area (Å²) in [6, 6.07) is -0.607. The first-order valence-electron chi connectivity index (χ1n) is 10.8. The molecule has 0 spiro atoms. The second kappa shape index (κ2) is 14.7. The number of nitrogens with one attached hydrogen (secondary N) is 2. The highest BCUT2D eigenvalue weighted by Crippen LogP contribution is 2.07. The molecule has 0 aromatic carbocycles. The number of unbranched alkanes of at least 4 members (excludes halogenated alkanes) is 5. The van der Waals surface area contributed by atoms with Gasteiger partial charge in [0, 0.05) is 38.2 Å². The predicted octanol–water partition coefficient (Wildman–Crippen LogP) is 1.39. The van der Waals surface area contributed by atoms with Gasteiger partial charge in [-0.3, -0.25) is 24.1 Å². The van der Waals surface area contributed by atoms with Crippen molar-refractivity contribution in [1.82, 2.24) is 15.5 Å². The van der Waals surface area contributed by atoms with E-state index < -0.39 is 6.04 Å². The molecule has 0 bridgehead atoms. The Morgan fingerprint density at radius 2 is 1.59 bits per heavy atom. The minimum Gasteiger partial charge on any atom is -0.356 e. The van der Waals surface area contributed by atoms with Crippen LogP contribution in [0.25, 0.3) is 0 Å².